The predicted molar refractivity (Wildman–Crippen MR) is 124 cm³/mol. The zero-order valence-corrected chi connectivity index (χ0v) is 20.1. The molecular formula is C23H23F4N7O3. The Labute approximate surface area is 207 Å². The van der Waals surface area contributed by atoms with E-state index in [2.05, 4.69) is 25.3 Å². The molecule has 2 amide bonds. The van der Waals surface area contributed by atoms with Crippen molar-refractivity contribution in [2.45, 2.75) is 33.0 Å². The molecule has 1 aromatic carbocycles. The second-order valence-electron chi connectivity index (χ2n) is 8.66. The van der Waals surface area contributed by atoms with E-state index in [9.17, 15) is 27.6 Å². The van der Waals surface area contributed by atoms with E-state index >= 15 is 4.39 Å². The van der Waals surface area contributed by atoms with Gasteiger partial charge in [-0.2, -0.15) is 13.2 Å². The number of amides is 2. The lowest BCUT2D eigenvalue weighted by molar-refractivity contribution is -0.140. The highest BCUT2D eigenvalue weighted by Crippen LogP contribution is 2.39. The van der Waals surface area contributed by atoms with Crippen molar-refractivity contribution in [1.29, 1.82) is 0 Å². The highest BCUT2D eigenvalue weighted by molar-refractivity contribution is 5.94. The van der Waals surface area contributed by atoms with Gasteiger partial charge in [-0.15, -0.1) is 0 Å². The van der Waals surface area contributed by atoms with Gasteiger partial charge in [0.05, 0.1) is 22.6 Å². The highest BCUT2D eigenvalue weighted by Gasteiger charge is 2.40. The van der Waals surface area contributed by atoms with E-state index in [0.717, 1.165) is 6.07 Å². The van der Waals surface area contributed by atoms with Gasteiger partial charge in [0.1, 0.15) is 11.3 Å². The van der Waals surface area contributed by atoms with Crippen LogP contribution >= 0.6 is 0 Å². The minimum Gasteiger partial charge on any atom is -0.348 e. The number of H-pyrrole nitrogens is 1. The largest absolute Gasteiger partial charge is 0.419 e. The molecule has 14 heteroatoms. The average molecular weight is 521 g/mol. The van der Waals surface area contributed by atoms with E-state index < -0.39 is 40.2 Å². The van der Waals surface area contributed by atoms with E-state index in [1.54, 1.807) is 9.80 Å². The Kier molecular flexibility index (Phi) is 6.84. The summed E-state index contributed by atoms with van der Waals surface area (Å²) in [7, 11) is 0. The maximum absolute atomic E-state index is 15.0. The number of aryl methyl sites for hydroxylation is 1. The molecule has 2 N–H and O–H groups in total. The maximum atomic E-state index is 15.0. The summed E-state index contributed by atoms with van der Waals surface area (Å²) in [6.07, 6.45) is -2.61. The number of aromatic nitrogens is 4. The van der Waals surface area contributed by atoms with Gasteiger partial charge in [0.2, 0.25) is 11.9 Å². The number of fused-ring (bicyclic) bond motifs is 1. The van der Waals surface area contributed by atoms with Gasteiger partial charge >= 0.3 is 6.18 Å². The third-order valence-electron chi connectivity index (χ3n) is 6.10. The van der Waals surface area contributed by atoms with E-state index in [1.807, 2.05) is 0 Å². The lowest BCUT2D eigenvalue weighted by atomic mass is 9.97. The third-order valence-corrected chi connectivity index (χ3v) is 6.10. The second kappa shape index (κ2) is 9.75. The number of carbonyl (C=O) groups is 2. The fourth-order valence-electron chi connectivity index (χ4n) is 4.19. The monoisotopic (exact) mass is 521 g/mol. The van der Waals surface area contributed by atoms with Gasteiger partial charge in [0.15, 0.2) is 5.82 Å². The second-order valence-corrected chi connectivity index (χ2v) is 8.66. The molecule has 1 fully saturated rings. The number of hydrogen-bond acceptors (Lipinski definition) is 7. The van der Waals surface area contributed by atoms with Gasteiger partial charge in [-0.05, 0) is 25.5 Å². The molecule has 0 spiro atoms. The number of alkyl halides is 3. The highest BCUT2D eigenvalue weighted by atomic mass is 19.4. The Balaban J connectivity index is 1.58. The predicted octanol–water partition coefficient (Wildman–Crippen LogP) is 2.66. The van der Waals surface area contributed by atoms with Crippen molar-refractivity contribution in [1.82, 2.24) is 29.7 Å². The quantitative estimate of drug-likeness (QED) is 0.506. The van der Waals surface area contributed by atoms with Gasteiger partial charge in [-0.25, -0.2) is 19.3 Å². The van der Waals surface area contributed by atoms with Gasteiger partial charge in [-0.1, -0.05) is 0 Å². The molecule has 3 aromatic rings. The van der Waals surface area contributed by atoms with Crippen LogP contribution in [0, 0.1) is 12.7 Å². The van der Waals surface area contributed by atoms with Gasteiger partial charge in [0, 0.05) is 45.5 Å². The van der Waals surface area contributed by atoms with Gasteiger partial charge < -0.3 is 20.1 Å². The van der Waals surface area contributed by atoms with E-state index in [-0.39, 0.29) is 34.5 Å². The zero-order valence-electron chi connectivity index (χ0n) is 20.1. The minimum absolute atomic E-state index is 0.0211. The molecule has 2 aromatic heterocycles. The summed E-state index contributed by atoms with van der Waals surface area (Å²) in [4.78, 5) is 53.8. The number of anilines is 1. The van der Waals surface area contributed by atoms with E-state index in [1.165, 1.54) is 33.2 Å². The summed E-state index contributed by atoms with van der Waals surface area (Å²) >= 11 is 0. The molecule has 0 saturated carbocycles. The fourth-order valence-corrected chi connectivity index (χ4v) is 4.19. The Morgan fingerprint density at radius 3 is 2.27 bits per heavy atom. The number of halogens is 4. The van der Waals surface area contributed by atoms with Crippen LogP contribution in [0.4, 0.5) is 23.5 Å². The van der Waals surface area contributed by atoms with Crippen LogP contribution in [0.3, 0.4) is 0 Å². The molecule has 1 saturated heterocycles. The zero-order chi connectivity index (χ0) is 27.1. The van der Waals surface area contributed by atoms with Crippen molar-refractivity contribution in [3.05, 3.63) is 57.1 Å². The molecule has 1 atom stereocenters. The standard InChI is InChI=1S/C23H23F4N7O3/c1-11(15-8-16-19(31-12(2)32-20(16)36)18(24)17(15)23(25,26)27)30-22-28-9-14(10-29-22)21(37)34-6-4-33(5-7-34)13(3)35/h8-11H,4-7H2,1-3H3,(H,28,29,30)(H,31,32,36). The third kappa shape index (κ3) is 5.22. The summed E-state index contributed by atoms with van der Waals surface area (Å²) in [5.41, 5.74) is -3.36. The first-order valence-electron chi connectivity index (χ1n) is 11.3. The normalized spacial score (nSPS) is 15.1. The van der Waals surface area contributed by atoms with Crippen LogP contribution in [0.25, 0.3) is 10.9 Å². The number of rotatable bonds is 4. The number of hydrogen-bond donors (Lipinski definition) is 2. The van der Waals surface area contributed by atoms with Crippen LogP contribution in [0.15, 0.2) is 23.3 Å². The number of nitrogens with zero attached hydrogens (tertiary/aromatic N) is 5. The van der Waals surface area contributed by atoms with Gasteiger partial charge in [0.25, 0.3) is 11.5 Å². The molecule has 0 radical (unpaired) electrons. The number of nitrogens with one attached hydrogen (secondary N) is 2. The van der Waals surface area contributed by atoms with Crippen LogP contribution in [0.1, 0.15) is 47.2 Å². The fraction of sp³-hybridized carbons (Fsp3) is 0.391. The molecule has 196 valence electrons. The SMILES string of the molecule is CC(=O)N1CCN(C(=O)c2cnc(NC(C)c3cc4c(=O)[nH]c(C)nc4c(F)c3C(F)(F)F)nc2)CC1. The van der Waals surface area contributed by atoms with Crippen LogP contribution in [-0.4, -0.2) is 67.7 Å². The number of piperazine rings is 1. The Bertz CT molecular complexity index is 1420. The number of aromatic amines is 1. The average Bonchev–Trinajstić information content (AvgIpc) is 2.83. The smallest absolute Gasteiger partial charge is 0.348 e. The molecule has 1 unspecified atom stereocenters. The molecular weight excluding hydrogens is 498 g/mol. The summed E-state index contributed by atoms with van der Waals surface area (Å²) < 4.78 is 56.6. The van der Waals surface area contributed by atoms with Crippen molar-refractivity contribution < 1.29 is 27.2 Å². The van der Waals surface area contributed by atoms with Crippen LogP contribution in [-0.2, 0) is 11.0 Å². The molecule has 4 rings (SSSR count). The van der Waals surface area contributed by atoms with Crippen molar-refractivity contribution in [2.75, 3.05) is 31.5 Å². The Morgan fingerprint density at radius 2 is 1.70 bits per heavy atom. The molecule has 1 aliphatic rings. The summed E-state index contributed by atoms with van der Waals surface area (Å²) in [5.74, 6) is -2.19. The van der Waals surface area contributed by atoms with Crippen LogP contribution < -0.4 is 10.9 Å². The molecule has 0 bridgehead atoms. The lowest BCUT2D eigenvalue weighted by Crippen LogP contribution is -2.50. The van der Waals surface area contributed by atoms with Crippen LogP contribution in [0.2, 0.25) is 0 Å². The van der Waals surface area contributed by atoms with E-state index in [0.29, 0.717) is 26.2 Å². The van der Waals surface area contributed by atoms with Crippen molar-refractivity contribution in [3.8, 4) is 0 Å². The maximum Gasteiger partial charge on any atom is 0.419 e. The summed E-state index contributed by atoms with van der Waals surface area (Å²) in [5, 5.41) is 2.34. The summed E-state index contributed by atoms with van der Waals surface area (Å²) in [6.45, 7) is 5.62. The summed E-state index contributed by atoms with van der Waals surface area (Å²) in [6, 6.07) is -0.222. The molecule has 10 nitrogen and oxygen atoms in total. The first-order valence-corrected chi connectivity index (χ1v) is 11.3. The molecule has 1 aliphatic heterocycles. The first kappa shape index (κ1) is 26.0. The van der Waals surface area contributed by atoms with Crippen molar-refractivity contribution in [3.63, 3.8) is 0 Å². The van der Waals surface area contributed by atoms with Gasteiger partial charge in [-0.3, -0.25) is 14.4 Å². The molecule has 3 heterocycles. The first-order chi connectivity index (χ1) is 17.4. The Hall–Kier alpha value is -4.10. The lowest BCUT2D eigenvalue weighted by Gasteiger charge is -2.34. The molecule has 0 aliphatic carbocycles. The minimum atomic E-state index is -5.06. The van der Waals surface area contributed by atoms with Crippen LogP contribution in [0.5, 0.6) is 0 Å². The number of benzene rings is 1. The van der Waals surface area contributed by atoms with Crippen molar-refractivity contribution >= 4 is 28.7 Å². The topological polar surface area (TPSA) is 124 Å². The van der Waals surface area contributed by atoms with E-state index in [4.69, 9.17) is 0 Å². The van der Waals surface area contributed by atoms with Crippen molar-refractivity contribution in [2.24, 2.45) is 0 Å². The Morgan fingerprint density at radius 1 is 1.11 bits per heavy atom. The molecule has 37 heavy (non-hydrogen) atoms. The number of carbonyl (C=O) groups excluding carboxylic acids is 2.